The molecule has 4 rings (SSSR count). The standard InChI is InChI=1S/C20H18N2O3S/c1-24-16-9-8-14(10-17(16)25-2)19-15(12-23)22-11-18(26-20(22)21-19)13-6-4-3-5-7-13/h3-11,23H,12H2,1-2H3. The molecular formula is C20H18N2O3S. The van der Waals surface area contributed by atoms with E-state index in [1.165, 1.54) is 0 Å². The van der Waals surface area contributed by atoms with Crippen molar-refractivity contribution in [1.82, 2.24) is 9.38 Å². The van der Waals surface area contributed by atoms with Crippen molar-refractivity contribution >= 4 is 16.3 Å². The van der Waals surface area contributed by atoms with Crippen LogP contribution in [0.1, 0.15) is 5.69 Å². The van der Waals surface area contributed by atoms with Crippen molar-refractivity contribution in [2.24, 2.45) is 0 Å². The number of methoxy groups -OCH3 is 2. The number of aromatic nitrogens is 2. The largest absolute Gasteiger partial charge is 0.493 e. The first-order valence-electron chi connectivity index (χ1n) is 8.14. The van der Waals surface area contributed by atoms with E-state index < -0.39 is 0 Å². The Kier molecular flexibility index (Phi) is 4.36. The zero-order valence-electron chi connectivity index (χ0n) is 14.5. The van der Waals surface area contributed by atoms with Crippen molar-refractivity contribution in [3.8, 4) is 33.2 Å². The van der Waals surface area contributed by atoms with Gasteiger partial charge in [-0.1, -0.05) is 41.7 Å². The van der Waals surface area contributed by atoms with Crippen molar-refractivity contribution in [1.29, 1.82) is 0 Å². The Morgan fingerprint density at radius 3 is 2.46 bits per heavy atom. The van der Waals surface area contributed by atoms with Gasteiger partial charge in [-0.25, -0.2) is 4.98 Å². The minimum atomic E-state index is -0.101. The summed E-state index contributed by atoms with van der Waals surface area (Å²) in [6, 6.07) is 15.8. The van der Waals surface area contributed by atoms with Crippen LogP contribution in [0.25, 0.3) is 26.7 Å². The lowest BCUT2D eigenvalue weighted by molar-refractivity contribution is 0.276. The number of aliphatic hydroxyl groups is 1. The predicted octanol–water partition coefficient (Wildman–Crippen LogP) is 4.24. The van der Waals surface area contributed by atoms with E-state index in [2.05, 4.69) is 12.1 Å². The number of hydrogen-bond acceptors (Lipinski definition) is 5. The van der Waals surface area contributed by atoms with Crippen LogP contribution in [0, 0.1) is 0 Å². The van der Waals surface area contributed by atoms with E-state index in [1.54, 1.807) is 25.6 Å². The molecule has 0 fully saturated rings. The third-order valence-corrected chi connectivity index (χ3v) is 5.32. The van der Waals surface area contributed by atoms with E-state index >= 15 is 0 Å². The molecule has 0 radical (unpaired) electrons. The monoisotopic (exact) mass is 366 g/mol. The molecule has 0 saturated carbocycles. The lowest BCUT2D eigenvalue weighted by Gasteiger charge is -2.09. The zero-order valence-corrected chi connectivity index (χ0v) is 15.3. The molecule has 0 bridgehead atoms. The van der Waals surface area contributed by atoms with Crippen LogP contribution in [0.4, 0.5) is 0 Å². The minimum absolute atomic E-state index is 0.101. The number of ether oxygens (including phenoxy) is 2. The summed E-state index contributed by atoms with van der Waals surface area (Å²) in [4.78, 5) is 6.71. The number of nitrogens with zero attached hydrogens (tertiary/aromatic N) is 2. The van der Waals surface area contributed by atoms with Gasteiger partial charge in [-0.3, -0.25) is 4.40 Å². The van der Waals surface area contributed by atoms with Crippen LogP contribution in [-0.2, 0) is 6.61 Å². The maximum Gasteiger partial charge on any atom is 0.195 e. The average Bonchev–Trinajstić information content (AvgIpc) is 3.25. The van der Waals surface area contributed by atoms with E-state index in [1.807, 2.05) is 47.0 Å². The summed E-state index contributed by atoms with van der Waals surface area (Å²) in [5, 5.41) is 9.96. The summed E-state index contributed by atoms with van der Waals surface area (Å²) in [6.45, 7) is -0.101. The minimum Gasteiger partial charge on any atom is -0.493 e. The van der Waals surface area contributed by atoms with E-state index in [4.69, 9.17) is 14.5 Å². The van der Waals surface area contributed by atoms with Gasteiger partial charge in [0, 0.05) is 11.8 Å². The quantitative estimate of drug-likeness (QED) is 0.574. The van der Waals surface area contributed by atoms with E-state index in [0.717, 1.165) is 32.4 Å². The topological polar surface area (TPSA) is 56.0 Å². The number of benzene rings is 2. The third-order valence-electron chi connectivity index (χ3n) is 4.29. The molecule has 0 amide bonds. The first-order valence-corrected chi connectivity index (χ1v) is 8.96. The van der Waals surface area contributed by atoms with E-state index in [0.29, 0.717) is 11.5 Å². The second kappa shape index (κ2) is 6.82. The van der Waals surface area contributed by atoms with Crippen molar-refractivity contribution in [2.75, 3.05) is 14.2 Å². The van der Waals surface area contributed by atoms with Crippen molar-refractivity contribution in [3.63, 3.8) is 0 Å². The highest BCUT2D eigenvalue weighted by molar-refractivity contribution is 7.20. The summed E-state index contributed by atoms with van der Waals surface area (Å²) < 4.78 is 12.6. The molecule has 0 saturated heterocycles. The van der Waals surface area contributed by atoms with Gasteiger partial charge < -0.3 is 14.6 Å². The molecule has 4 aromatic rings. The highest BCUT2D eigenvalue weighted by Gasteiger charge is 2.18. The summed E-state index contributed by atoms with van der Waals surface area (Å²) in [5.74, 6) is 1.30. The summed E-state index contributed by atoms with van der Waals surface area (Å²) in [5.41, 5.74) is 3.52. The molecule has 5 nitrogen and oxygen atoms in total. The first-order chi connectivity index (χ1) is 12.7. The Morgan fingerprint density at radius 1 is 1.00 bits per heavy atom. The van der Waals surface area contributed by atoms with Crippen LogP contribution in [0.2, 0.25) is 0 Å². The first kappa shape index (κ1) is 16.6. The fourth-order valence-corrected chi connectivity index (χ4v) is 4.00. The van der Waals surface area contributed by atoms with Gasteiger partial charge in [0.15, 0.2) is 16.5 Å². The Labute approximate surface area is 155 Å². The maximum atomic E-state index is 9.96. The molecule has 0 aliphatic heterocycles. The van der Waals surface area contributed by atoms with Crippen LogP contribution < -0.4 is 9.47 Å². The van der Waals surface area contributed by atoms with Gasteiger partial charge in [-0.15, -0.1) is 0 Å². The number of aliphatic hydroxyl groups excluding tert-OH is 1. The molecule has 0 unspecified atom stereocenters. The van der Waals surface area contributed by atoms with Crippen molar-refractivity contribution in [2.45, 2.75) is 6.61 Å². The highest BCUT2D eigenvalue weighted by Crippen LogP contribution is 2.36. The number of fused-ring (bicyclic) bond motifs is 1. The van der Waals surface area contributed by atoms with Crippen LogP contribution in [0.15, 0.2) is 54.7 Å². The molecular weight excluding hydrogens is 348 g/mol. The van der Waals surface area contributed by atoms with Crippen LogP contribution in [-0.4, -0.2) is 28.7 Å². The molecule has 1 N–H and O–H groups in total. The molecule has 0 aliphatic rings. The van der Waals surface area contributed by atoms with Gasteiger partial charge in [-0.2, -0.15) is 0 Å². The lowest BCUT2D eigenvalue weighted by Crippen LogP contribution is -1.94. The molecule has 0 atom stereocenters. The molecule has 26 heavy (non-hydrogen) atoms. The Balaban J connectivity index is 1.83. The van der Waals surface area contributed by atoms with Gasteiger partial charge >= 0.3 is 0 Å². The summed E-state index contributed by atoms with van der Waals surface area (Å²) >= 11 is 1.60. The molecule has 2 aromatic carbocycles. The molecule has 2 heterocycles. The molecule has 132 valence electrons. The van der Waals surface area contributed by atoms with Crippen LogP contribution >= 0.6 is 11.3 Å². The Hall–Kier alpha value is -2.83. The van der Waals surface area contributed by atoms with Gasteiger partial charge in [-0.05, 0) is 23.8 Å². The van der Waals surface area contributed by atoms with Gasteiger partial charge in [0.05, 0.1) is 37.1 Å². The smallest absolute Gasteiger partial charge is 0.195 e. The fourth-order valence-electron chi connectivity index (χ4n) is 2.99. The maximum absolute atomic E-state index is 9.96. The van der Waals surface area contributed by atoms with E-state index in [9.17, 15) is 5.11 Å². The summed E-state index contributed by atoms with van der Waals surface area (Å²) in [6.07, 6.45) is 2.03. The molecule has 2 aromatic heterocycles. The highest BCUT2D eigenvalue weighted by atomic mass is 32.1. The second-order valence-corrected chi connectivity index (χ2v) is 6.76. The van der Waals surface area contributed by atoms with E-state index in [-0.39, 0.29) is 6.61 Å². The van der Waals surface area contributed by atoms with Gasteiger partial charge in [0.25, 0.3) is 0 Å². The molecule has 0 aliphatic carbocycles. The number of thiazole rings is 1. The SMILES string of the molecule is COc1ccc(-c2nc3sc(-c4ccccc4)cn3c2CO)cc1OC. The van der Waals surface area contributed by atoms with Crippen LogP contribution in [0.3, 0.4) is 0 Å². The second-order valence-electron chi connectivity index (χ2n) is 5.75. The Bertz CT molecular complexity index is 1050. The predicted molar refractivity (Wildman–Crippen MR) is 103 cm³/mol. The summed E-state index contributed by atoms with van der Waals surface area (Å²) in [7, 11) is 3.21. The van der Waals surface area contributed by atoms with Gasteiger partial charge in [0.2, 0.25) is 0 Å². The van der Waals surface area contributed by atoms with Crippen LogP contribution in [0.5, 0.6) is 11.5 Å². The van der Waals surface area contributed by atoms with Crippen molar-refractivity contribution in [3.05, 3.63) is 60.4 Å². The molecule has 6 heteroatoms. The number of rotatable bonds is 5. The fraction of sp³-hybridized carbons (Fsp3) is 0.150. The van der Waals surface area contributed by atoms with Crippen molar-refractivity contribution < 1.29 is 14.6 Å². The number of imidazole rings is 1. The lowest BCUT2D eigenvalue weighted by atomic mass is 10.1. The normalized spacial score (nSPS) is 11.0. The zero-order chi connectivity index (χ0) is 18.1. The number of hydrogen-bond donors (Lipinski definition) is 1. The third kappa shape index (κ3) is 2.73. The Morgan fingerprint density at radius 2 is 1.77 bits per heavy atom. The average molecular weight is 366 g/mol. The molecule has 0 spiro atoms. The van der Waals surface area contributed by atoms with Gasteiger partial charge in [0.1, 0.15) is 0 Å².